The summed E-state index contributed by atoms with van der Waals surface area (Å²) in [7, 11) is 4.24. The first kappa shape index (κ1) is 17.6. The van der Waals surface area contributed by atoms with Gasteiger partial charge in [0.15, 0.2) is 0 Å². The number of nitrogens with one attached hydrogen (secondary N) is 1. The third kappa shape index (κ3) is 2.99. The van der Waals surface area contributed by atoms with E-state index in [1.165, 1.54) is 33.2 Å². The van der Waals surface area contributed by atoms with Gasteiger partial charge in [-0.05, 0) is 12.1 Å². The molecule has 1 unspecified atom stereocenters. The number of carbonyl (C=O) groups excluding carboxylic acids is 3. The number of esters is 1. The Hall–Kier alpha value is -2.77. The van der Waals surface area contributed by atoms with E-state index < -0.39 is 17.5 Å². The highest BCUT2D eigenvalue weighted by Gasteiger charge is 2.58. The van der Waals surface area contributed by atoms with Crippen LogP contribution in [0.2, 0.25) is 0 Å². The molecule has 1 aliphatic heterocycles. The maximum atomic E-state index is 12.2. The Morgan fingerprint density at radius 2 is 1.96 bits per heavy atom. The van der Waals surface area contributed by atoms with Crippen LogP contribution in [-0.4, -0.2) is 49.7 Å². The molecule has 0 radical (unpaired) electrons. The number of β-lactam (4-membered cyclic amide) rings is 1. The molecule has 8 nitrogen and oxygen atoms in total. The van der Waals surface area contributed by atoms with E-state index in [1.54, 1.807) is 18.2 Å². The number of nitrogens with zero attached hydrogens (tertiary/aromatic N) is 1. The number of carbonyl (C=O) groups is 3. The van der Waals surface area contributed by atoms with Gasteiger partial charge < -0.3 is 24.4 Å². The standard InChI is InChI=1S/C16H20N2O6/c1-10(19)17-16(15(21)24-4)8-14(20)18(16)9-11-5-6-12(22-2)7-13(11)23-3/h5-7H,8-9H2,1-4H3,(H,17,19). The fourth-order valence-electron chi connectivity index (χ4n) is 2.71. The van der Waals surface area contributed by atoms with Crippen LogP contribution in [0.25, 0.3) is 0 Å². The van der Waals surface area contributed by atoms with Gasteiger partial charge in [0.25, 0.3) is 0 Å². The third-order valence-corrected chi connectivity index (χ3v) is 3.90. The number of benzene rings is 1. The Kier molecular flexibility index (Phi) is 4.96. The zero-order valence-corrected chi connectivity index (χ0v) is 14.0. The second-order valence-corrected chi connectivity index (χ2v) is 5.37. The van der Waals surface area contributed by atoms with Crippen LogP contribution >= 0.6 is 0 Å². The first-order valence-electron chi connectivity index (χ1n) is 7.26. The fraction of sp³-hybridized carbons (Fsp3) is 0.438. The van der Waals surface area contributed by atoms with Gasteiger partial charge >= 0.3 is 5.97 Å². The average molecular weight is 336 g/mol. The van der Waals surface area contributed by atoms with Crippen LogP contribution in [-0.2, 0) is 25.7 Å². The Balaban J connectivity index is 2.34. The molecule has 130 valence electrons. The Morgan fingerprint density at radius 3 is 2.46 bits per heavy atom. The van der Waals surface area contributed by atoms with Crippen molar-refractivity contribution in [2.75, 3.05) is 21.3 Å². The van der Waals surface area contributed by atoms with Crippen molar-refractivity contribution < 1.29 is 28.6 Å². The van der Waals surface area contributed by atoms with Gasteiger partial charge in [-0.2, -0.15) is 0 Å². The second kappa shape index (κ2) is 6.77. The third-order valence-electron chi connectivity index (χ3n) is 3.90. The van der Waals surface area contributed by atoms with Crippen LogP contribution < -0.4 is 14.8 Å². The second-order valence-electron chi connectivity index (χ2n) is 5.37. The largest absolute Gasteiger partial charge is 0.497 e. The number of rotatable bonds is 6. The van der Waals surface area contributed by atoms with Gasteiger partial charge in [-0.1, -0.05) is 0 Å². The Morgan fingerprint density at radius 1 is 1.25 bits per heavy atom. The molecule has 0 aromatic heterocycles. The molecular formula is C16H20N2O6. The predicted molar refractivity (Wildman–Crippen MR) is 83.3 cm³/mol. The van der Waals surface area contributed by atoms with Gasteiger partial charge in [0, 0.05) is 18.6 Å². The van der Waals surface area contributed by atoms with Gasteiger partial charge in [-0.25, -0.2) is 4.79 Å². The van der Waals surface area contributed by atoms with E-state index in [0.717, 1.165) is 0 Å². The number of ether oxygens (including phenoxy) is 3. The van der Waals surface area contributed by atoms with Crippen molar-refractivity contribution in [1.82, 2.24) is 10.2 Å². The zero-order valence-electron chi connectivity index (χ0n) is 14.0. The highest BCUT2D eigenvalue weighted by Crippen LogP contribution is 2.35. The van der Waals surface area contributed by atoms with Gasteiger partial charge in [0.1, 0.15) is 11.5 Å². The fourth-order valence-corrected chi connectivity index (χ4v) is 2.71. The molecule has 8 heteroatoms. The molecule has 1 aromatic rings. The lowest BCUT2D eigenvalue weighted by Gasteiger charge is -2.49. The molecule has 2 rings (SSSR count). The van der Waals surface area contributed by atoms with Gasteiger partial charge in [0.2, 0.25) is 17.5 Å². The molecule has 24 heavy (non-hydrogen) atoms. The summed E-state index contributed by atoms with van der Waals surface area (Å²) in [6.45, 7) is 1.36. The van der Waals surface area contributed by atoms with Crippen molar-refractivity contribution in [3.8, 4) is 11.5 Å². The normalized spacial score (nSPS) is 19.3. The van der Waals surface area contributed by atoms with Crippen LogP contribution in [0.4, 0.5) is 0 Å². The molecule has 0 bridgehead atoms. The summed E-state index contributed by atoms with van der Waals surface area (Å²) in [5.74, 6) is -0.279. The number of methoxy groups -OCH3 is 3. The zero-order chi connectivity index (χ0) is 17.9. The highest BCUT2D eigenvalue weighted by atomic mass is 16.5. The number of likely N-dealkylation sites (tertiary alicyclic amines) is 1. The first-order valence-corrected chi connectivity index (χ1v) is 7.26. The Labute approximate surface area is 139 Å². The minimum atomic E-state index is -1.48. The van der Waals surface area contributed by atoms with E-state index in [-0.39, 0.29) is 18.9 Å². The molecule has 0 saturated carbocycles. The summed E-state index contributed by atoms with van der Waals surface area (Å²) in [6, 6.07) is 5.14. The molecule has 1 atom stereocenters. The summed E-state index contributed by atoms with van der Waals surface area (Å²) in [5.41, 5.74) is -0.812. The molecule has 0 aliphatic carbocycles. The summed E-state index contributed by atoms with van der Waals surface area (Å²) >= 11 is 0. The van der Waals surface area contributed by atoms with Crippen molar-refractivity contribution in [3.63, 3.8) is 0 Å². The molecule has 1 saturated heterocycles. The van der Waals surface area contributed by atoms with Crippen LogP contribution in [0, 0.1) is 0 Å². The van der Waals surface area contributed by atoms with Crippen molar-refractivity contribution >= 4 is 17.8 Å². The smallest absolute Gasteiger partial charge is 0.353 e. The first-order chi connectivity index (χ1) is 11.4. The molecule has 1 aliphatic rings. The van der Waals surface area contributed by atoms with Crippen molar-refractivity contribution in [1.29, 1.82) is 0 Å². The van der Waals surface area contributed by atoms with Gasteiger partial charge in [0.05, 0.1) is 34.3 Å². The lowest BCUT2D eigenvalue weighted by atomic mass is 9.91. The van der Waals surface area contributed by atoms with Crippen LogP contribution in [0.1, 0.15) is 18.9 Å². The minimum absolute atomic E-state index is 0.0847. The maximum absolute atomic E-state index is 12.2. The maximum Gasteiger partial charge on any atom is 0.353 e. The summed E-state index contributed by atoms with van der Waals surface area (Å²) in [6.07, 6.45) is -0.141. The van der Waals surface area contributed by atoms with Crippen molar-refractivity contribution in [3.05, 3.63) is 23.8 Å². The molecule has 1 fully saturated rings. The average Bonchev–Trinajstić information content (AvgIpc) is 2.57. The number of amides is 2. The van der Waals surface area contributed by atoms with E-state index in [0.29, 0.717) is 17.1 Å². The summed E-state index contributed by atoms with van der Waals surface area (Å²) in [5, 5.41) is 2.53. The van der Waals surface area contributed by atoms with Crippen LogP contribution in [0.5, 0.6) is 11.5 Å². The van der Waals surface area contributed by atoms with E-state index in [4.69, 9.17) is 14.2 Å². The molecule has 2 amide bonds. The van der Waals surface area contributed by atoms with Crippen LogP contribution in [0.15, 0.2) is 18.2 Å². The van der Waals surface area contributed by atoms with E-state index in [2.05, 4.69) is 5.32 Å². The van der Waals surface area contributed by atoms with E-state index in [1.807, 2.05) is 0 Å². The SMILES string of the molecule is COC(=O)C1(NC(C)=O)CC(=O)N1Cc1ccc(OC)cc1OC. The minimum Gasteiger partial charge on any atom is -0.497 e. The topological polar surface area (TPSA) is 94.2 Å². The highest BCUT2D eigenvalue weighted by molar-refractivity contribution is 6.01. The van der Waals surface area contributed by atoms with E-state index in [9.17, 15) is 14.4 Å². The van der Waals surface area contributed by atoms with Crippen molar-refractivity contribution in [2.24, 2.45) is 0 Å². The summed E-state index contributed by atoms with van der Waals surface area (Å²) in [4.78, 5) is 37.0. The Bertz CT molecular complexity index is 675. The molecule has 1 heterocycles. The summed E-state index contributed by atoms with van der Waals surface area (Å²) < 4.78 is 15.2. The van der Waals surface area contributed by atoms with Crippen LogP contribution in [0.3, 0.4) is 0 Å². The van der Waals surface area contributed by atoms with Gasteiger partial charge in [-0.3, -0.25) is 9.59 Å². The molecular weight excluding hydrogens is 316 g/mol. The molecule has 1 aromatic carbocycles. The lowest BCUT2D eigenvalue weighted by Crippen LogP contribution is -2.75. The predicted octanol–water partition coefficient (Wildman–Crippen LogP) is 0.442. The van der Waals surface area contributed by atoms with Crippen molar-refractivity contribution in [2.45, 2.75) is 25.6 Å². The molecule has 1 N–H and O–H groups in total. The van der Waals surface area contributed by atoms with E-state index >= 15 is 0 Å². The monoisotopic (exact) mass is 336 g/mol. The molecule has 0 spiro atoms. The lowest BCUT2D eigenvalue weighted by molar-refractivity contribution is -0.184. The quantitative estimate of drug-likeness (QED) is 0.598. The number of hydrogen-bond donors (Lipinski definition) is 1. The number of hydrogen-bond acceptors (Lipinski definition) is 6. The van der Waals surface area contributed by atoms with Gasteiger partial charge in [-0.15, -0.1) is 0 Å².